The maximum Gasteiger partial charge on any atom is 0.233 e. The zero-order chi connectivity index (χ0) is 22.6. The third-order valence-electron chi connectivity index (χ3n) is 5.16. The van der Waals surface area contributed by atoms with E-state index in [-0.39, 0.29) is 29.4 Å². The van der Waals surface area contributed by atoms with Crippen LogP contribution in [0.5, 0.6) is 0 Å². The molecule has 0 saturated carbocycles. The molecular weight excluding hydrogens is 411 g/mol. The van der Waals surface area contributed by atoms with E-state index < -0.39 is 0 Å². The Labute approximate surface area is 187 Å². The van der Waals surface area contributed by atoms with Gasteiger partial charge in [0.25, 0.3) is 0 Å². The topological polar surface area (TPSA) is 51.0 Å². The Hall–Kier alpha value is -2.67. The minimum atomic E-state index is -0.303. The summed E-state index contributed by atoms with van der Waals surface area (Å²) in [5, 5.41) is 9.38. The van der Waals surface area contributed by atoms with Crippen molar-refractivity contribution in [3.05, 3.63) is 65.5 Å². The summed E-state index contributed by atoms with van der Waals surface area (Å²) < 4.78 is 15.9. The number of carbonyl (C=O) groups excluding carboxylic acids is 1. The first-order valence-electron chi connectivity index (χ1n) is 10.3. The van der Waals surface area contributed by atoms with Crippen LogP contribution in [0.4, 0.5) is 4.39 Å². The van der Waals surface area contributed by atoms with Gasteiger partial charge < -0.3 is 9.47 Å². The zero-order valence-corrected chi connectivity index (χ0v) is 19.5. The lowest BCUT2D eigenvalue weighted by molar-refractivity contribution is -0.127. The predicted octanol–water partition coefficient (Wildman–Crippen LogP) is 5.15. The number of hydrogen-bond acceptors (Lipinski definition) is 4. The number of hydrogen-bond donors (Lipinski definition) is 0. The molecule has 0 aliphatic rings. The van der Waals surface area contributed by atoms with Crippen molar-refractivity contribution < 1.29 is 9.18 Å². The molecule has 0 saturated heterocycles. The Balaban J connectivity index is 1.68. The van der Waals surface area contributed by atoms with Crippen LogP contribution in [-0.2, 0) is 23.3 Å². The highest BCUT2D eigenvalue weighted by Gasteiger charge is 2.18. The molecule has 0 radical (unpaired) electrons. The fourth-order valence-electron chi connectivity index (χ4n) is 3.22. The number of benzene rings is 2. The molecule has 0 aliphatic heterocycles. The van der Waals surface area contributed by atoms with Gasteiger partial charge in [0, 0.05) is 31.3 Å². The fourth-order valence-corrected chi connectivity index (χ4v) is 4.16. The van der Waals surface area contributed by atoms with Gasteiger partial charge in [-0.1, -0.05) is 75.0 Å². The number of aromatic nitrogens is 3. The Bertz CT molecular complexity index is 1040. The van der Waals surface area contributed by atoms with E-state index in [9.17, 15) is 9.18 Å². The van der Waals surface area contributed by atoms with Gasteiger partial charge in [-0.05, 0) is 24.0 Å². The van der Waals surface area contributed by atoms with Crippen molar-refractivity contribution in [1.29, 1.82) is 0 Å². The molecule has 1 aromatic heterocycles. The Morgan fingerprint density at radius 2 is 1.77 bits per heavy atom. The first-order chi connectivity index (χ1) is 14.7. The molecule has 0 spiro atoms. The molecule has 31 heavy (non-hydrogen) atoms. The number of amides is 1. The van der Waals surface area contributed by atoms with Gasteiger partial charge in [-0.25, -0.2) is 4.39 Å². The molecule has 3 rings (SSSR count). The lowest BCUT2D eigenvalue weighted by Gasteiger charge is -2.19. The quantitative estimate of drug-likeness (QED) is 0.477. The van der Waals surface area contributed by atoms with E-state index in [1.54, 1.807) is 25.2 Å². The molecule has 0 bridgehead atoms. The number of rotatable bonds is 7. The minimum Gasteiger partial charge on any atom is -0.341 e. The molecular formula is C24H29FN4OS. The molecule has 7 heteroatoms. The molecule has 0 aliphatic carbocycles. The maximum atomic E-state index is 13.9. The van der Waals surface area contributed by atoms with Gasteiger partial charge in [-0.2, -0.15) is 0 Å². The van der Waals surface area contributed by atoms with Gasteiger partial charge >= 0.3 is 0 Å². The van der Waals surface area contributed by atoms with E-state index in [0.29, 0.717) is 17.3 Å². The van der Waals surface area contributed by atoms with Crippen LogP contribution >= 0.6 is 11.8 Å². The fraction of sp³-hybridized carbons (Fsp3) is 0.375. The van der Waals surface area contributed by atoms with Crippen LogP contribution in [0.25, 0.3) is 11.4 Å². The second kappa shape index (κ2) is 9.64. The highest BCUT2D eigenvalue weighted by Crippen LogP contribution is 2.27. The third kappa shape index (κ3) is 5.53. The second-order valence-electron chi connectivity index (χ2n) is 8.51. The van der Waals surface area contributed by atoms with Crippen molar-refractivity contribution in [3.63, 3.8) is 0 Å². The highest BCUT2D eigenvalue weighted by atomic mass is 32.2. The van der Waals surface area contributed by atoms with Gasteiger partial charge in [0.05, 0.1) is 5.75 Å². The molecule has 0 N–H and O–H groups in total. The summed E-state index contributed by atoms with van der Waals surface area (Å²) >= 11 is 1.35. The first-order valence-corrected chi connectivity index (χ1v) is 11.3. The van der Waals surface area contributed by atoms with Gasteiger partial charge in [-0.3, -0.25) is 4.79 Å². The Morgan fingerprint density at radius 1 is 1.10 bits per heavy atom. The first kappa shape index (κ1) is 23.0. The Kier molecular flexibility index (Phi) is 7.15. The maximum absolute atomic E-state index is 13.9. The summed E-state index contributed by atoms with van der Waals surface area (Å²) in [5.74, 6) is 0.613. The third-order valence-corrected chi connectivity index (χ3v) is 6.11. The summed E-state index contributed by atoms with van der Waals surface area (Å²) in [6, 6.07) is 14.9. The summed E-state index contributed by atoms with van der Waals surface area (Å²) in [5.41, 5.74) is 2.85. The van der Waals surface area contributed by atoms with E-state index in [1.165, 1.54) is 28.3 Å². The molecule has 2 aromatic carbocycles. The van der Waals surface area contributed by atoms with Gasteiger partial charge in [-0.15, -0.1) is 10.2 Å². The minimum absolute atomic E-state index is 0.0880. The average Bonchev–Trinajstić information content (AvgIpc) is 3.16. The van der Waals surface area contributed by atoms with Crippen molar-refractivity contribution in [2.75, 3.05) is 12.8 Å². The van der Waals surface area contributed by atoms with Crippen molar-refractivity contribution in [2.45, 2.75) is 51.4 Å². The molecule has 0 fully saturated rings. The lowest BCUT2D eigenvalue weighted by Crippen LogP contribution is -2.28. The standard InChI is InChI=1S/C24H29FN4OS/c1-6-29-22(17-11-13-19(14-12-17)24(2,3)4)26-27-23(29)31-16-21(30)28(5)15-18-9-7-8-10-20(18)25/h7-14H,6,15-16H2,1-5H3. The SMILES string of the molecule is CCn1c(SCC(=O)N(C)Cc2ccccc2F)nnc1-c1ccc(C(C)(C)C)cc1. The van der Waals surface area contributed by atoms with E-state index in [2.05, 4.69) is 55.2 Å². The number of thioether (sulfide) groups is 1. The van der Waals surface area contributed by atoms with Crippen LogP contribution in [0.15, 0.2) is 53.7 Å². The van der Waals surface area contributed by atoms with Crippen LogP contribution in [0, 0.1) is 5.82 Å². The van der Waals surface area contributed by atoms with Gasteiger partial charge in [0.1, 0.15) is 5.82 Å². The summed E-state index contributed by atoms with van der Waals surface area (Å²) in [4.78, 5) is 14.1. The van der Waals surface area contributed by atoms with Crippen LogP contribution in [0.1, 0.15) is 38.8 Å². The largest absolute Gasteiger partial charge is 0.341 e. The predicted molar refractivity (Wildman–Crippen MR) is 123 cm³/mol. The molecule has 0 atom stereocenters. The monoisotopic (exact) mass is 440 g/mol. The molecule has 1 amide bonds. The van der Waals surface area contributed by atoms with Crippen molar-refractivity contribution in [1.82, 2.24) is 19.7 Å². The number of nitrogens with zero attached hydrogens (tertiary/aromatic N) is 4. The second-order valence-corrected chi connectivity index (χ2v) is 9.45. The van der Waals surface area contributed by atoms with Crippen LogP contribution in [0.2, 0.25) is 0 Å². The summed E-state index contributed by atoms with van der Waals surface area (Å²) in [6.45, 7) is 9.53. The van der Waals surface area contributed by atoms with Gasteiger partial charge in [0.2, 0.25) is 5.91 Å². The van der Waals surface area contributed by atoms with Crippen molar-refractivity contribution >= 4 is 17.7 Å². The Morgan fingerprint density at radius 3 is 2.39 bits per heavy atom. The highest BCUT2D eigenvalue weighted by molar-refractivity contribution is 7.99. The van der Waals surface area contributed by atoms with Gasteiger partial charge in [0.15, 0.2) is 11.0 Å². The average molecular weight is 441 g/mol. The molecule has 1 heterocycles. The van der Waals surface area contributed by atoms with E-state index in [1.807, 2.05) is 11.5 Å². The van der Waals surface area contributed by atoms with E-state index in [0.717, 1.165) is 11.4 Å². The zero-order valence-electron chi connectivity index (χ0n) is 18.7. The summed E-state index contributed by atoms with van der Waals surface area (Å²) in [6.07, 6.45) is 0. The lowest BCUT2D eigenvalue weighted by atomic mass is 9.87. The summed E-state index contributed by atoms with van der Waals surface area (Å²) in [7, 11) is 1.68. The smallest absolute Gasteiger partial charge is 0.233 e. The van der Waals surface area contributed by atoms with Crippen LogP contribution < -0.4 is 0 Å². The number of carbonyl (C=O) groups is 1. The molecule has 3 aromatic rings. The van der Waals surface area contributed by atoms with Crippen LogP contribution in [-0.4, -0.2) is 38.4 Å². The normalized spacial score (nSPS) is 11.5. The molecule has 164 valence electrons. The van der Waals surface area contributed by atoms with Crippen molar-refractivity contribution in [2.24, 2.45) is 0 Å². The number of halogens is 1. The van der Waals surface area contributed by atoms with E-state index >= 15 is 0 Å². The van der Waals surface area contributed by atoms with Crippen LogP contribution in [0.3, 0.4) is 0 Å². The molecule has 5 nitrogen and oxygen atoms in total. The molecule has 0 unspecified atom stereocenters. The van der Waals surface area contributed by atoms with Crippen molar-refractivity contribution in [3.8, 4) is 11.4 Å². The van der Waals surface area contributed by atoms with E-state index in [4.69, 9.17) is 0 Å².